The summed E-state index contributed by atoms with van der Waals surface area (Å²) >= 11 is 5.72. The molecule has 31 heavy (non-hydrogen) atoms. The summed E-state index contributed by atoms with van der Waals surface area (Å²) in [6.07, 6.45) is 0.805. The molecule has 1 aromatic heterocycles. The van der Waals surface area contributed by atoms with Crippen LogP contribution in [0.25, 0.3) is 22.2 Å². The van der Waals surface area contributed by atoms with Crippen molar-refractivity contribution >= 4 is 34.7 Å². The number of halogens is 1. The third-order valence-electron chi connectivity index (χ3n) is 4.67. The number of nitrogens with zero attached hydrogens (tertiary/aromatic N) is 2. The van der Waals surface area contributed by atoms with Gasteiger partial charge in [0.05, 0.1) is 30.0 Å². The van der Waals surface area contributed by atoms with E-state index in [1.54, 1.807) is 6.92 Å². The van der Waals surface area contributed by atoms with Gasteiger partial charge in [0.15, 0.2) is 0 Å². The minimum absolute atomic E-state index is 0.431. The highest BCUT2D eigenvalue weighted by atomic mass is 35.5. The molecule has 0 amide bonds. The van der Waals surface area contributed by atoms with Crippen LogP contribution < -0.4 is 10.1 Å². The first-order valence-electron chi connectivity index (χ1n) is 10.2. The molecule has 0 spiro atoms. The molecular formula is C24H28ClN3O3. The minimum Gasteiger partial charge on any atom is -0.493 e. The van der Waals surface area contributed by atoms with Gasteiger partial charge in [-0.15, -0.1) is 11.6 Å². The molecule has 3 rings (SSSR count). The number of carbonyl (C=O) groups excluding carboxylic acids is 1. The van der Waals surface area contributed by atoms with Gasteiger partial charge in [-0.25, -0.2) is 0 Å². The maximum atomic E-state index is 9.83. The highest BCUT2D eigenvalue weighted by molar-refractivity contribution is 6.17. The van der Waals surface area contributed by atoms with Crippen molar-refractivity contribution < 1.29 is 14.3 Å². The number of rotatable bonds is 9. The fraction of sp³-hybridized carbons (Fsp3) is 0.333. The first kappa shape index (κ1) is 24.1. The molecule has 1 N–H and O–H groups in total. The second kappa shape index (κ2) is 12.5. The van der Waals surface area contributed by atoms with Gasteiger partial charge in [-0.3, -0.25) is 4.79 Å². The van der Waals surface area contributed by atoms with Gasteiger partial charge < -0.3 is 19.4 Å². The van der Waals surface area contributed by atoms with Crippen molar-refractivity contribution in [3.8, 4) is 23.1 Å². The van der Waals surface area contributed by atoms with E-state index in [1.807, 2.05) is 43.4 Å². The van der Waals surface area contributed by atoms with Gasteiger partial charge in [-0.2, -0.15) is 5.26 Å². The van der Waals surface area contributed by atoms with Crippen LogP contribution in [0.5, 0.6) is 5.75 Å². The summed E-state index contributed by atoms with van der Waals surface area (Å²) in [5.41, 5.74) is 4.69. The quantitative estimate of drug-likeness (QED) is 0.272. The number of hydrogen-bond donors (Lipinski definition) is 1. The molecule has 2 aromatic carbocycles. The van der Waals surface area contributed by atoms with Crippen molar-refractivity contribution in [1.29, 1.82) is 5.26 Å². The number of aromatic nitrogens is 1. The molecule has 7 heteroatoms. The van der Waals surface area contributed by atoms with Crippen molar-refractivity contribution in [3.63, 3.8) is 0 Å². The first-order valence-corrected chi connectivity index (χ1v) is 10.8. The second-order valence-corrected chi connectivity index (χ2v) is 6.91. The Morgan fingerprint density at radius 1 is 1.23 bits per heavy atom. The van der Waals surface area contributed by atoms with Crippen molar-refractivity contribution in [1.82, 2.24) is 4.57 Å². The fourth-order valence-corrected chi connectivity index (χ4v) is 3.40. The molecule has 0 saturated carbocycles. The van der Waals surface area contributed by atoms with Crippen LogP contribution in [0.3, 0.4) is 0 Å². The number of alkyl halides is 1. The van der Waals surface area contributed by atoms with Crippen LogP contribution in [0.15, 0.2) is 42.5 Å². The van der Waals surface area contributed by atoms with E-state index in [0.717, 1.165) is 46.6 Å². The number of hydrogen-bond acceptors (Lipinski definition) is 5. The third-order valence-corrected chi connectivity index (χ3v) is 4.94. The SMILES string of the molecule is CCOC=O.CCn1c(-c2cccc(NC)c2)c(C#N)c2ccc(OCCCCl)cc21. The van der Waals surface area contributed by atoms with Crippen molar-refractivity contribution in [2.75, 3.05) is 31.5 Å². The number of anilines is 1. The summed E-state index contributed by atoms with van der Waals surface area (Å²) in [5, 5.41) is 13.9. The Morgan fingerprint density at radius 2 is 2.03 bits per heavy atom. The lowest BCUT2D eigenvalue weighted by Gasteiger charge is -2.11. The summed E-state index contributed by atoms with van der Waals surface area (Å²) in [6, 6.07) is 16.4. The van der Waals surface area contributed by atoms with Gasteiger partial charge in [0.1, 0.15) is 11.8 Å². The second-order valence-electron chi connectivity index (χ2n) is 6.53. The lowest BCUT2D eigenvalue weighted by atomic mass is 10.1. The van der Waals surface area contributed by atoms with Crippen LogP contribution in [0.4, 0.5) is 5.69 Å². The normalized spacial score (nSPS) is 10.0. The monoisotopic (exact) mass is 441 g/mol. The lowest BCUT2D eigenvalue weighted by Crippen LogP contribution is -2.00. The van der Waals surface area contributed by atoms with Crippen molar-refractivity contribution in [3.05, 3.63) is 48.0 Å². The highest BCUT2D eigenvalue weighted by Gasteiger charge is 2.18. The van der Waals surface area contributed by atoms with Gasteiger partial charge in [0.25, 0.3) is 6.47 Å². The van der Waals surface area contributed by atoms with E-state index < -0.39 is 0 Å². The van der Waals surface area contributed by atoms with E-state index in [-0.39, 0.29) is 0 Å². The number of carbonyl (C=O) groups is 1. The Hall–Kier alpha value is -3.17. The zero-order valence-electron chi connectivity index (χ0n) is 18.2. The van der Waals surface area contributed by atoms with Gasteiger partial charge in [-0.05, 0) is 44.5 Å². The molecule has 0 aliphatic carbocycles. The number of nitrogens with one attached hydrogen (secondary N) is 1. The lowest BCUT2D eigenvalue weighted by molar-refractivity contribution is -0.128. The summed E-state index contributed by atoms with van der Waals surface area (Å²) < 4.78 is 12.1. The van der Waals surface area contributed by atoms with Crippen LogP contribution in [-0.2, 0) is 16.1 Å². The van der Waals surface area contributed by atoms with Gasteiger partial charge in [-0.1, -0.05) is 12.1 Å². The molecule has 0 bridgehead atoms. The summed E-state index contributed by atoms with van der Waals surface area (Å²) in [5.74, 6) is 1.38. The summed E-state index contributed by atoms with van der Waals surface area (Å²) in [7, 11) is 1.89. The number of nitriles is 1. The van der Waals surface area contributed by atoms with E-state index in [4.69, 9.17) is 16.3 Å². The molecule has 164 valence electrons. The van der Waals surface area contributed by atoms with Gasteiger partial charge in [0, 0.05) is 42.2 Å². The van der Waals surface area contributed by atoms with E-state index in [2.05, 4.69) is 33.7 Å². The molecule has 0 unspecified atom stereocenters. The van der Waals surface area contributed by atoms with E-state index in [9.17, 15) is 10.1 Å². The fourth-order valence-electron chi connectivity index (χ4n) is 3.30. The van der Waals surface area contributed by atoms with E-state index in [1.165, 1.54) is 0 Å². The number of fused-ring (bicyclic) bond motifs is 1. The standard InChI is InChI=1S/C21H22ClN3O.C3H6O2/c1-3-25-20-13-17(26-11-5-10-22)8-9-18(20)19(14-23)21(25)15-6-4-7-16(12-15)24-2;1-2-5-3-4/h4,6-9,12-13,24H,3,5,10-11H2,1-2H3;3H,2H2,1H3. The Kier molecular flexibility index (Phi) is 9.73. The van der Waals surface area contributed by atoms with Crippen LogP contribution >= 0.6 is 11.6 Å². The Balaban J connectivity index is 0.000000614. The van der Waals surface area contributed by atoms with Crippen LogP contribution in [0.1, 0.15) is 25.8 Å². The zero-order valence-corrected chi connectivity index (χ0v) is 18.9. The average Bonchev–Trinajstić information content (AvgIpc) is 3.13. The molecule has 1 heterocycles. The van der Waals surface area contributed by atoms with Crippen molar-refractivity contribution in [2.24, 2.45) is 0 Å². The van der Waals surface area contributed by atoms with Crippen LogP contribution in [0.2, 0.25) is 0 Å². The molecule has 0 radical (unpaired) electrons. The zero-order chi connectivity index (χ0) is 22.6. The van der Waals surface area contributed by atoms with E-state index >= 15 is 0 Å². The van der Waals surface area contributed by atoms with Gasteiger partial charge >= 0.3 is 0 Å². The average molecular weight is 442 g/mol. The minimum atomic E-state index is 0.431. The maximum absolute atomic E-state index is 9.83. The highest BCUT2D eigenvalue weighted by Crippen LogP contribution is 2.36. The van der Waals surface area contributed by atoms with Crippen LogP contribution in [-0.4, -0.2) is 37.2 Å². The molecule has 6 nitrogen and oxygen atoms in total. The summed E-state index contributed by atoms with van der Waals surface area (Å²) in [4.78, 5) is 9.18. The topological polar surface area (TPSA) is 76.3 Å². The van der Waals surface area contributed by atoms with Gasteiger partial charge in [0.2, 0.25) is 0 Å². The molecule has 0 aliphatic heterocycles. The third kappa shape index (κ3) is 5.93. The number of benzene rings is 2. The molecule has 0 fully saturated rings. The molecule has 0 atom stereocenters. The first-order chi connectivity index (χ1) is 15.1. The Labute approximate surface area is 188 Å². The van der Waals surface area contributed by atoms with Crippen molar-refractivity contribution in [2.45, 2.75) is 26.8 Å². The molecule has 0 saturated heterocycles. The largest absolute Gasteiger partial charge is 0.493 e. The number of aryl methyl sites for hydroxylation is 1. The predicted molar refractivity (Wildman–Crippen MR) is 126 cm³/mol. The summed E-state index contributed by atoms with van der Waals surface area (Å²) in [6.45, 7) is 6.11. The Morgan fingerprint density at radius 3 is 2.61 bits per heavy atom. The molecule has 3 aromatic rings. The number of ether oxygens (including phenoxy) is 2. The van der Waals surface area contributed by atoms with E-state index in [0.29, 0.717) is 31.1 Å². The molecule has 0 aliphatic rings. The Bertz CT molecular complexity index is 1040. The van der Waals surface area contributed by atoms with Crippen LogP contribution in [0, 0.1) is 11.3 Å². The predicted octanol–water partition coefficient (Wildman–Crippen LogP) is 5.43. The smallest absolute Gasteiger partial charge is 0.293 e. The molecular weight excluding hydrogens is 414 g/mol. The maximum Gasteiger partial charge on any atom is 0.293 e.